The van der Waals surface area contributed by atoms with Gasteiger partial charge >= 0.3 is 0 Å². The predicted octanol–water partition coefficient (Wildman–Crippen LogP) is 2.34. The van der Waals surface area contributed by atoms with E-state index in [-0.39, 0.29) is 24.0 Å². The second-order valence-electron chi connectivity index (χ2n) is 7.25. The summed E-state index contributed by atoms with van der Waals surface area (Å²) in [7, 11) is 0. The molecular formula is C22H23N3O3. The first-order chi connectivity index (χ1) is 13.5. The Kier molecular flexibility index (Phi) is 4.96. The second kappa shape index (κ2) is 7.56. The van der Waals surface area contributed by atoms with Crippen molar-refractivity contribution in [3.05, 3.63) is 60.2 Å². The van der Waals surface area contributed by atoms with Gasteiger partial charge in [0, 0.05) is 37.4 Å². The van der Waals surface area contributed by atoms with Crippen LogP contribution in [0.3, 0.4) is 0 Å². The minimum absolute atomic E-state index is 0.0419. The maximum atomic E-state index is 13.0. The first-order valence-corrected chi connectivity index (χ1v) is 9.56. The SMILES string of the molecule is CC(=O)c1ccc(N2C(=O)C[C@H](N3CCN(c4ccccc4)CC3)C2=O)cc1. The maximum absolute atomic E-state index is 13.0. The van der Waals surface area contributed by atoms with Crippen LogP contribution in [0.1, 0.15) is 23.7 Å². The van der Waals surface area contributed by atoms with Crippen LogP contribution in [-0.2, 0) is 9.59 Å². The summed E-state index contributed by atoms with van der Waals surface area (Å²) in [5, 5.41) is 0. The molecule has 2 saturated heterocycles. The van der Waals surface area contributed by atoms with Crippen LogP contribution in [0, 0.1) is 0 Å². The van der Waals surface area contributed by atoms with Gasteiger partial charge < -0.3 is 4.90 Å². The van der Waals surface area contributed by atoms with Crippen molar-refractivity contribution in [3.8, 4) is 0 Å². The average molecular weight is 377 g/mol. The van der Waals surface area contributed by atoms with Crippen molar-refractivity contribution >= 4 is 29.0 Å². The van der Waals surface area contributed by atoms with Gasteiger partial charge in [-0.3, -0.25) is 19.3 Å². The number of carbonyl (C=O) groups is 3. The van der Waals surface area contributed by atoms with Crippen LogP contribution >= 0.6 is 0 Å². The lowest BCUT2D eigenvalue weighted by Crippen LogP contribution is -2.52. The zero-order valence-corrected chi connectivity index (χ0v) is 15.9. The Balaban J connectivity index is 1.44. The molecule has 2 heterocycles. The average Bonchev–Trinajstić information content (AvgIpc) is 3.03. The van der Waals surface area contributed by atoms with Crippen LogP contribution in [0.5, 0.6) is 0 Å². The molecular weight excluding hydrogens is 354 g/mol. The molecule has 2 aromatic carbocycles. The Labute approximate surface area is 164 Å². The van der Waals surface area contributed by atoms with Gasteiger partial charge in [-0.2, -0.15) is 0 Å². The van der Waals surface area contributed by atoms with Crippen molar-refractivity contribution in [3.63, 3.8) is 0 Å². The largest absolute Gasteiger partial charge is 0.369 e. The zero-order valence-electron chi connectivity index (χ0n) is 15.9. The highest BCUT2D eigenvalue weighted by atomic mass is 16.2. The summed E-state index contributed by atoms with van der Waals surface area (Å²) in [6, 6.07) is 16.5. The molecule has 0 aliphatic carbocycles. The molecule has 2 fully saturated rings. The molecule has 0 bridgehead atoms. The Bertz CT molecular complexity index is 887. The molecule has 6 heteroatoms. The fraction of sp³-hybridized carbons (Fsp3) is 0.318. The van der Waals surface area contributed by atoms with E-state index in [2.05, 4.69) is 21.9 Å². The number of amides is 2. The van der Waals surface area contributed by atoms with Gasteiger partial charge in [0.25, 0.3) is 5.91 Å². The standard InChI is InChI=1S/C22H23N3O3/c1-16(26)17-7-9-19(10-8-17)25-21(27)15-20(22(25)28)24-13-11-23(12-14-24)18-5-3-2-4-6-18/h2-10,20H,11-15H2,1H3/t20-/m0/s1. The van der Waals surface area contributed by atoms with Crippen LogP contribution in [0.2, 0.25) is 0 Å². The van der Waals surface area contributed by atoms with Crippen LogP contribution in [0.15, 0.2) is 54.6 Å². The normalized spacial score (nSPS) is 20.7. The summed E-state index contributed by atoms with van der Waals surface area (Å²) in [5.74, 6) is -0.399. The summed E-state index contributed by atoms with van der Waals surface area (Å²) >= 11 is 0. The molecule has 0 unspecified atom stereocenters. The fourth-order valence-corrected chi connectivity index (χ4v) is 3.95. The van der Waals surface area contributed by atoms with E-state index < -0.39 is 6.04 Å². The highest BCUT2D eigenvalue weighted by Gasteiger charge is 2.43. The van der Waals surface area contributed by atoms with Crippen molar-refractivity contribution in [2.75, 3.05) is 36.0 Å². The molecule has 0 radical (unpaired) electrons. The quantitative estimate of drug-likeness (QED) is 0.605. The number of hydrogen-bond acceptors (Lipinski definition) is 5. The Morgan fingerprint density at radius 1 is 0.857 bits per heavy atom. The molecule has 0 N–H and O–H groups in total. The number of hydrogen-bond donors (Lipinski definition) is 0. The molecule has 0 spiro atoms. The molecule has 0 aromatic heterocycles. The molecule has 28 heavy (non-hydrogen) atoms. The van der Waals surface area contributed by atoms with E-state index >= 15 is 0 Å². The number of imide groups is 1. The summed E-state index contributed by atoms with van der Waals surface area (Å²) < 4.78 is 0. The van der Waals surface area contributed by atoms with Gasteiger partial charge in [0.2, 0.25) is 5.91 Å². The van der Waals surface area contributed by atoms with E-state index in [1.165, 1.54) is 17.5 Å². The van der Waals surface area contributed by atoms with Gasteiger partial charge in [0.1, 0.15) is 0 Å². The summed E-state index contributed by atoms with van der Waals surface area (Å²) in [4.78, 5) is 42.6. The Morgan fingerprint density at radius 2 is 1.50 bits per heavy atom. The number of nitrogens with zero attached hydrogens (tertiary/aromatic N) is 3. The van der Waals surface area contributed by atoms with E-state index in [4.69, 9.17) is 0 Å². The molecule has 2 aliphatic heterocycles. The Hall–Kier alpha value is -2.99. The summed E-state index contributed by atoms with van der Waals surface area (Å²) in [6.07, 6.45) is 0.207. The lowest BCUT2D eigenvalue weighted by molar-refractivity contribution is -0.123. The van der Waals surface area contributed by atoms with Crippen molar-refractivity contribution in [2.45, 2.75) is 19.4 Å². The van der Waals surface area contributed by atoms with E-state index in [1.54, 1.807) is 24.3 Å². The minimum atomic E-state index is -0.405. The van der Waals surface area contributed by atoms with E-state index in [0.29, 0.717) is 11.3 Å². The highest BCUT2D eigenvalue weighted by Crippen LogP contribution is 2.27. The third-order valence-electron chi connectivity index (χ3n) is 5.53. The highest BCUT2D eigenvalue weighted by molar-refractivity contribution is 6.22. The van der Waals surface area contributed by atoms with E-state index in [1.807, 2.05) is 18.2 Å². The number of piperazine rings is 1. The molecule has 6 nitrogen and oxygen atoms in total. The van der Waals surface area contributed by atoms with Crippen molar-refractivity contribution in [1.29, 1.82) is 0 Å². The first kappa shape index (κ1) is 18.4. The monoisotopic (exact) mass is 377 g/mol. The fourth-order valence-electron chi connectivity index (χ4n) is 3.95. The number of rotatable bonds is 4. The van der Waals surface area contributed by atoms with Crippen molar-refractivity contribution in [2.24, 2.45) is 0 Å². The van der Waals surface area contributed by atoms with Crippen molar-refractivity contribution in [1.82, 2.24) is 4.90 Å². The molecule has 2 aromatic rings. The molecule has 2 amide bonds. The second-order valence-corrected chi connectivity index (χ2v) is 7.25. The van der Waals surface area contributed by atoms with E-state index in [0.717, 1.165) is 26.2 Å². The van der Waals surface area contributed by atoms with Crippen LogP contribution < -0.4 is 9.80 Å². The predicted molar refractivity (Wildman–Crippen MR) is 108 cm³/mol. The topological polar surface area (TPSA) is 60.9 Å². The molecule has 1 atom stereocenters. The number of Topliss-reactive ketones (excluding diaryl/α,β-unsaturated/α-hetero) is 1. The van der Waals surface area contributed by atoms with E-state index in [9.17, 15) is 14.4 Å². The number of carbonyl (C=O) groups excluding carboxylic acids is 3. The summed E-state index contributed by atoms with van der Waals surface area (Å²) in [5.41, 5.74) is 2.28. The maximum Gasteiger partial charge on any atom is 0.251 e. The molecule has 4 rings (SSSR count). The number of anilines is 2. The number of ketones is 1. The van der Waals surface area contributed by atoms with Gasteiger partial charge in [-0.15, -0.1) is 0 Å². The Morgan fingerprint density at radius 3 is 2.11 bits per heavy atom. The lowest BCUT2D eigenvalue weighted by atomic mass is 10.1. The number of para-hydroxylation sites is 1. The van der Waals surface area contributed by atoms with Crippen LogP contribution in [0.25, 0.3) is 0 Å². The smallest absolute Gasteiger partial charge is 0.251 e. The number of benzene rings is 2. The van der Waals surface area contributed by atoms with Gasteiger partial charge in [0.15, 0.2) is 5.78 Å². The first-order valence-electron chi connectivity index (χ1n) is 9.56. The lowest BCUT2D eigenvalue weighted by Gasteiger charge is -2.38. The molecule has 0 saturated carbocycles. The van der Waals surface area contributed by atoms with Crippen LogP contribution in [-0.4, -0.2) is 54.7 Å². The van der Waals surface area contributed by atoms with Gasteiger partial charge in [-0.25, -0.2) is 4.90 Å². The van der Waals surface area contributed by atoms with Gasteiger partial charge in [-0.1, -0.05) is 18.2 Å². The van der Waals surface area contributed by atoms with Crippen LogP contribution in [0.4, 0.5) is 11.4 Å². The van der Waals surface area contributed by atoms with Gasteiger partial charge in [-0.05, 0) is 43.3 Å². The third-order valence-corrected chi connectivity index (χ3v) is 5.53. The zero-order chi connectivity index (χ0) is 19.7. The summed E-state index contributed by atoms with van der Waals surface area (Å²) in [6.45, 7) is 4.64. The third kappa shape index (κ3) is 3.43. The molecule has 2 aliphatic rings. The molecule has 144 valence electrons. The van der Waals surface area contributed by atoms with Gasteiger partial charge in [0.05, 0.1) is 18.2 Å². The minimum Gasteiger partial charge on any atom is -0.369 e. The van der Waals surface area contributed by atoms with Crippen molar-refractivity contribution < 1.29 is 14.4 Å².